The van der Waals surface area contributed by atoms with Crippen LogP contribution in [0.1, 0.15) is 20.3 Å². The van der Waals surface area contributed by atoms with Crippen molar-refractivity contribution in [1.82, 2.24) is 10.2 Å². The molecule has 1 rings (SSSR count). The molecule has 1 saturated heterocycles. The van der Waals surface area contributed by atoms with Gasteiger partial charge in [0.15, 0.2) is 0 Å². The van der Waals surface area contributed by atoms with Gasteiger partial charge in [0.25, 0.3) is 0 Å². The maximum Gasteiger partial charge on any atom is 0.307 e. The summed E-state index contributed by atoms with van der Waals surface area (Å²) in [4.78, 5) is 13.1. The van der Waals surface area contributed by atoms with E-state index < -0.39 is 5.97 Å². The predicted octanol–water partition coefficient (Wildman–Crippen LogP) is 0.389. The molecule has 1 heterocycles. The fourth-order valence-corrected chi connectivity index (χ4v) is 1.84. The van der Waals surface area contributed by atoms with Crippen LogP contribution in [0.25, 0.3) is 0 Å². The zero-order valence-corrected chi connectivity index (χ0v) is 9.16. The largest absolute Gasteiger partial charge is 0.481 e. The summed E-state index contributed by atoms with van der Waals surface area (Å²) in [5.41, 5.74) is 0. The van der Waals surface area contributed by atoms with Gasteiger partial charge in [0.2, 0.25) is 0 Å². The molecule has 0 aromatic heterocycles. The van der Waals surface area contributed by atoms with Crippen LogP contribution in [-0.2, 0) is 4.79 Å². The Morgan fingerprint density at radius 3 is 2.64 bits per heavy atom. The summed E-state index contributed by atoms with van der Waals surface area (Å²) in [7, 11) is 2.06. The van der Waals surface area contributed by atoms with Crippen molar-refractivity contribution in [3.05, 3.63) is 0 Å². The summed E-state index contributed by atoms with van der Waals surface area (Å²) in [6, 6.07) is 0.819. The lowest BCUT2D eigenvalue weighted by Gasteiger charge is -2.36. The highest BCUT2D eigenvalue weighted by Crippen LogP contribution is 2.16. The molecule has 2 N–H and O–H groups in total. The number of carboxylic acid groups (broad SMARTS) is 1. The molecule has 1 aliphatic rings. The third-order valence-corrected chi connectivity index (χ3v) is 3.07. The first-order valence-corrected chi connectivity index (χ1v) is 5.17. The standard InChI is InChI=1S/C10H20N2O2/c1-7(2)12(3)9-4-8(10(13)14)5-11-6-9/h7-9,11H,4-6H2,1-3H3,(H,13,14)/t8-,9-/m0/s1. The second kappa shape index (κ2) is 4.75. The first-order valence-electron chi connectivity index (χ1n) is 5.17. The van der Waals surface area contributed by atoms with E-state index in [1.54, 1.807) is 0 Å². The molecule has 4 heteroatoms. The fourth-order valence-electron chi connectivity index (χ4n) is 1.84. The van der Waals surface area contributed by atoms with E-state index in [0.717, 1.165) is 13.0 Å². The van der Waals surface area contributed by atoms with E-state index >= 15 is 0 Å². The minimum absolute atomic E-state index is 0.227. The van der Waals surface area contributed by atoms with E-state index in [4.69, 9.17) is 5.11 Å². The second-order valence-electron chi connectivity index (χ2n) is 4.34. The predicted molar refractivity (Wildman–Crippen MR) is 55.3 cm³/mol. The van der Waals surface area contributed by atoms with Crippen molar-refractivity contribution < 1.29 is 9.90 Å². The number of likely N-dealkylation sites (N-methyl/N-ethyl adjacent to an activating group) is 1. The minimum atomic E-state index is -0.681. The van der Waals surface area contributed by atoms with Crippen LogP contribution in [0.15, 0.2) is 0 Å². The van der Waals surface area contributed by atoms with Crippen molar-refractivity contribution in [2.75, 3.05) is 20.1 Å². The molecule has 0 saturated carbocycles. The molecule has 14 heavy (non-hydrogen) atoms. The van der Waals surface area contributed by atoms with E-state index in [1.165, 1.54) is 0 Å². The Morgan fingerprint density at radius 1 is 1.50 bits per heavy atom. The molecular formula is C10H20N2O2. The van der Waals surface area contributed by atoms with Gasteiger partial charge >= 0.3 is 5.97 Å². The zero-order chi connectivity index (χ0) is 10.7. The summed E-state index contributed by atoms with van der Waals surface area (Å²) in [5, 5.41) is 12.1. The molecule has 0 amide bonds. The van der Waals surface area contributed by atoms with Crippen molar-refractivity contribution in [3.63, 3.8) is 0 Å². The second-order valence-corrected chi connectivity index (χ2v) is 4.34. The zero-order valence-electron chi connectivity index (χ0n) is 9.16. The number of carbonyl (C=O) groups is 1. The normalized spacial score (nSPS) is 28.4. The Hall–Kier alpha value is -0.610. The third-order valence-electron chi connectivity index (χ3n) is 3.07. The highest BCUT2D eigenvalue weighted by molar-refractivity contribution is 5.70. The van der Waals surface area contributed by atoms with Gasteiger partial charge in [-0.25, -0.2) is 0 Å². The van der Waals surface area contributed by atoms with E-state index in [9.17, 15) is 4.79 Å². The van der Waals surface area contributed by atoms with Gasteiger partial charge in [-0.1, -0.05) is 0 Å². The van der Waals surface area contributed by atoms with Crippen LogP contribution in [0.4, 0.5) is 0 Å². The summed E-state index contributed by atoms with van der Waals surface area (Å²) in [6.07, 6.45) is 0.761. The van der Waals surface area contributed by atoms with Gasteiger partial charge in [0.05, 0.1) is 5.92 Å². The molecular weight excluding hydrogens is 180 g/mol. The lowest BCUT2D eigenvalue weighted by atomic mass is 9.94. The molecule has 4 nitrogen and oxygen atoms in total. The van der Waals surface area contributed by atoms with E-state index in [0.29, 0.717) is 18.6 Å². The number of hydrogen-bond acceptors (Lipinski definition) is 3. The van der Waals surface area contributed by atoms with Gasteiger partial charge in [-0.05, 0) is 27.3 Å². The number of nitrogens with zero attached hydrogens (tertiary/aromatic N) is 1. The van der Waals surface area contributed by atoms with Gasteiger partial charge in [-0.2, -0.15) is 0 Å². The number of nitrogens with one attached hydrogen (secondary N) is 1. The Balaban J connectivity index is 2.51. The smallest absolute Gasteiger partial charge is 0.307 e. The molecule has 1 fully saturated rings. The third kappa shape index (κ3) is 2.69. The first kappa shape index (κ1) is 11.5. The summed E-state index contributed by atoms with van der Waals surface area (Å²) in [5.74, 6) is -0.908. The molecule has 1 aliphatic heterocycles. The van der Waals surface area contributed by atoms with Crippen LogP contribution in [0, 0.1) is 5.92 Å². The quantitative estimate of drug-likeness (QED) is 0.692. The van der Waals surface area contributed by atoms with E-state index in [1.807, 2.05) is 0 Å². The van der Waals surface area contributed by atoms with Gasteiger partial charge in [-0.15, -0.1) is 0 Å². The van der Waals surface area contributed by atoms with Crippen LogP contribution in [0.5, 0.6) is 0 Å². The SMILES string of the molecule is CC(C)N(C)[C@@H]1CNC[C@@H](C(=O)O)C1. The molecule has 2 atom stereocenters. The number of aliphatic carboxylic acids is 1. The Labute approximate surface area is 85.3 Å². The van der Waals surface area contributed by atoms with Gasteiger partial charge in [-0.3, -0.25) is 9.69 Å². The highest BCUT2D eigenvalue weighted by atomic mass is 16.4. The number of carboxylic acids is 1. The van der Waals surface area contributed by atoms with Crippen LogP contribution >= 0.6 is 0 Å². The average Bonchev–Trinajstić information content (AvgIpc) is 2.16. The average molecular weight is 200 g/mol. The Morgan fingerprint density at radius 2 is 2.14 bits per heavy atom. The summed E-state index contributed by atoms with van der Waals surface area (Å²) < 4.78 is 0. The fraction of sp³-hybridized carbons (Fsp3) is 0.900. The monoisotopic (exact) mass is 200 g/mol. The van der Waals surface area contributed by atoms with Crippen molar-refractivity contribution in [2.45, 2.75) is 32.4 Å². The lowest BCUT2D eigenvalue weighted by Crippen LogP contribution is -2.51. The molecule has 0 radical (unpaired) electrons. The maximum absolute atomic E-state index is 10.8. The molecule has 0 aromatic carbocycles. The summed E-state index contributed by atoms with van der Waals surface area (Å²) in [6.45, 7) is 5.77. The highest BCUT2D eigenvalue weighted by Gasteiger charge is 2.29. The minimum Gasteiger partial charge on any atom is -0.481 e. The van der Waals surface area contributed by atoms with Crippen LogP contribution < -0.4 is 5.32 Å². The number of rotatable bonds is 3. The molecule has 82 valence electrons. The first-order chi connectivity index (χ1) is 6.52. The van der Waals surface area contributed by atoms with Gasteiger partial charge in [0, 0.05) is 25.2 Å². The molecule has 0 aliphatic carbocycles. The molecule has 0 bridgehead atoms. The van der Waals surface area contributed by atoms with Crippen LogP contribution in [-0.4, -0.2) is 48.2 Å². The topological polar surface area (TPSA) is 52.6 Å². The number of hydrogen-bond donors (Lipinski definition) is 2. The van der Waals surface area contributed by atoms with Gasteiger partial charge in [0.1, 0.15) is 0 Å². The maximum atomic E-state index is 10.8. The lowest BCUT2D eigenvalue weighted by molar-refractivity contribution is -0.143. The number of piperidine rings is 1. The summed E-state index contributed by atoms with van der Waals surface area (Å²) >= 11 is 0. The van der Waals surface area contributed by atoms with E-state index in [-0.39, 0.29) is 5.92 Å². The molecule has 0 unspecified atom stereocenters. The molecule has 0 aromatic rings. The Kier molecular flexibility index (Phi) is 3.89. The van der Waals surface area contributed by atoms with E-state index in [2.05, 4.69) is 31.1 Å². The Bertz CT molecular complexity index is 206. The van der Waals surface area contributed by atoms with Crippen LogP contribution in [0.3, 0.4) is 0 Å². The van der Waals surface area contributed by atoms with Crippen molar-refractivity contribution >= 4 is 5.97 Å². The molecule has 0 spiro atoms. The van der Waals surface area contributed by atoms with Crippen molar-refractivity contribution in [2.24, 2.45) is 5.92 Å². The van der Waals surface area contributed by atoms with Gasteiger partial charge < -0.3 is 10.4 Å². The van der Waals surface area contributed by atoms with Crippen molar-refractivity contribution in [3.8, 4) is 0 Å². The van der Waals surface area contributed by atoms with Crippen LogP contribution in [0.2, 0.25) is 0 Å². The van der Waals surface area contributed by atoms with Crippen molar-refractivity contribution in [1.29, 1.82) is 0 Å².